The molecule has 0 bridgehead atoms. The molecule has 2 heterocycles. The number of rotatable bonds is 6. The topological polar surface area (TPSA) is 104 Å². The molecule has 1 saturated heterocycles. The van der Waals surface area contributed by atoms with Gasteiger partial charge in [0.1, 0.15) is 5.69 Å². The van der Waals surface area contributed by atoms with Gasteiger partial charge in [0.2, 0.25) is 5.69 Å². The molecule has 23 heavy (non-hydrogen) atoms. The van der Waals surface area contributed by atoms with Crippen molar-refractivity contribution in [1.29, 1.82) is 0 Å². The first-order valence-corrected chi connectivity index (χ1v) is 8.15. The number of amides is 1. The van der Waals surface area contributed by atoms with E-state index in [1.54, 1.807) is 0 Å². The molecular weight excluding hydrogens is 298 g/mol. The summed E-state index contributed by atoms with van der Waals surface area (Å²) >= 11 is 0. The number of hydrogen-bond donors (Lipinski definition) is 2. The number of aromatic nitrogens is 2. The lowest BCUT2D eigenvalue weighted by Gasteiger charge is -2.32. The van der Waals surface area contributed by atoms with Crippen LogP contribution in [0.1, 0.15) is 49.3 Å². The molecule has 0 radical (unpaired) electrons. The van der Waals surface area contributed by atoms with Crippen molar-refractivity contribution in [2.75, 3.05) is 20.1 Å². The van der Waals surface area contributed by atoms with Gasteiger partial charge in [-0.1, -0.05) is 13.3 Å². The zero-order valence-corrected chi connectivity index (χ0v) is 14.0. The Kier molecular flexibility index (Phi) is 5.70. The maximum atomic E-state index is 12.4. The lowest BCUT2D eigenvalue weighted by Crippen LogP contribution is -2.43. The first kappa shape index (κ1) is 17.4. The number of nitro groups is 1. The molecule has 1 aromatic rings. The molecular formula is C15H25N5O3. The third kappa shape index (κ3) is 4.07. The maximum Gasteiger partial charge on any atom is 0.322 e. The number of H-pyrrole nitrogens is 1. The minimum atomic E-state index is -0.524. The van der Waals surface area contributed by atoms with Crippen LogP contribution in [0.3, 0.4) is 0 Å². The van der Waals surface area contributed by atoms with Crippen molar-refractivity contribution in [3.63, 3.8) is 0 Å². The number of carbonyl (C=O) groups is 1. The number of aromatic amines is 1. The molecule has 1 fully saturated rings. The van der Waals surface area contributed by atoms with Gasteiger partial charge in [0.05, 0.1) is 4.92 Å². The molecule has 1 unspecified atom stereocenters. The zero-order valence-electron chi connectivity index (χ0n) is 14.0. The summed E-state index contributed by atoms with van der Waals surface area (Å²) in [6, 6.07) is -0.0258. The number of aryl methyl sites for hydroxylation is 1. The Morgan fingerprint density at radius 1 is 1.52 bits per heavy atom. The van der Waals surface area contributed by atoms with Gasteiger partial charge in [-0.2, -0.15) is 5.10 Å². The summed E-state index contributed by atoms with van der Waals surface area (Å²) in [4.78, 5) is 25.4. The van der Waals surface area contributed by atoms with E-state index in [4.69, 9.17) is 0 Å². The van der Waals surface area contributed by atoms with E-state index in [0.29, 0.717) is 18.0 Å². The number of hydrogen-bond acceptors (Lipinski definition) is 5. The molecule has 0 spiro atoms. The van der Waals surface area contributed by atoms with Gasteiger partial charge in [0, 0.05) is 6.04 Å². The highest BCUT2D eigenvalue weighted by molar-refractivity contribution is 5.96. The van der Waals surface area contributed by atoms with Crippen molar-refractivity contribution in [1.82, 2.24) is 20.4 Å². The summed E-state index contributed by atoms with van der Waals surface area (Å²) in [7, 11) is 2.09. The van der Waals surface area contributed by atoms with Gasteiger partial charge in [-0.15, -0.1) is 0 Å². The standard InChI is InChI=1S/C15H25N5O3/c1-4-5-12-14(20(22)23)13(18-17-12)15(21)16-10(2)11-6-8-19(3)9-7-11/h10-11H,4-9H2,1-3H3,(H,16,21)(H,17,18). The Bertz CT molecular complexity index is 563. The van der Waals surface area contributed by atoms with Crippen molar-refractivity contribution in [3.05, 3.63) is 21.5 Å². The average Bonchev–Trinajstić information content (AvgIpc) is 2.92. The third-order valence-corrected chi connectivity index (χ3v) is 4.54. The molecule has 0 aliphatic carbocycles. The summed E-state index contributed by atoms with van der Waals surface area (Å²) in [6.07, 6.45) is 3.28. The molecule has 0 aromatic carbocycles. The smallest absolute Gasteiger partial charge is 0.322 e. The summed E-state index contributed by atoms with van der Waals surface area (Å²) in [5.74, 6) is -0.0787. The van der Waals surface area contributed by atoms with Crippen LogP contribution in [0.5, 0.6) is 0 Å². The van der Waals surface area contributed by atoms with Crippen LogP contribution in [-0.4, -0.2) is 52.1 Å². The summed E-state index contributed by atoms with van der Waals surface area (Å²) in [5.41, 5.74) is 0.104. The fourth-order valence-electron chi connectivity index (χ4n) is 3.07. The second-order valence-corrected chi connectivity index (χ2v) is 6.31. The minimum Gasteiger partial charge on any atom is -0.348 e. The molecule has 1 aliphatic rings. The van der Waals surface area contributed by atoms with Crippen LogP contribution >= 0.6 is 0 Å². The van der Waals surface area contributed by atoms with Gasteiger partial charge in [-0.3, -0.25) is 20.0 Å². The Morgan fingerprint density at radius 3 is 2.74 bits per heavy atom. The molecule has 1 aliphatic heterocycles. The first-order chi connectivity index (χ1) is 10.9. The molecule has 2 rings (SSSR count). The van der Waals surface area contributed by atoms with Gasteiger partial charge in [-0.25, -0.2) is 0 Å². The number of nitrogens with zero attached hydrogens (tertiary/aromatic N) is 3. The van der Waals surface area contributed by atoms with E-state index >= 15 is 0 Å². The first-order valence-electron chi connectivity index (χ1n) is 8.15. The molecule has 2 N–H and O–H groups in total. The SMILES string of the molecule is CCCc1[nH]nc(C(=O)NC(C)C2CCN(C)CC2)c1[N+](=O)[O-]. The Morgan fingerprint density at radius 2 is 2.17 bits per heavy atom. The average molecular weight is 323 g/mol. The van der Waals surface area contributed by atoms with E-state index in [0.717, 1.165) is 32.4 Å². The van der Waals surface area contributed by atoms with Gasteiger partial charge in [-0.05, 0) is 52.2 Å². The normalized spacial score (nSPS) is 17.9. The fourth-order valence-corrected chi connectivity index (χ4v) is 3.07. The molecule has 8 nitrogen and oxygen atoms in total. The number of likely N-dealkylation sites (tertiary alicyclic amines) is 1. The maximum absolute atomic E-state index is 12.4. The van der Waals surface area contributed by atoms with E-state index in [1.165, 1.54) is 0 Å². The highest BCUT2D eigenvalue weighted by Crippen LogP contribution is 2.24. The summed E-state index contributed by atoms with van der Waals surface area (Å²) in [5, 5.41) is 20.7. The molecule has 1 aromatic heterocycles. The fraction of sp³-hybridized carbons (Fsp3) is 0.733. The van der Waals surface area contributed by atoms with Crippen LogP contribution in [0, 0.1) is 16.0 Å². The Labute approximate surface area is 135 Å². The second kappa shape index (κ2) is 7.54. The molecule has 1 atom stereocenters. The molecule has 8 heteroatoms. The van der Waals surface area contributed by atoms with Crippen LogP contribution in [0.4, 0.5) is 5.69 Å². The lowest BCUT2D eigenvalue weighted by molar-refractivity contribution is -0.385. The van der Waals surface area contributed by atoms with Crippen LogP contribution in [0.2, 0.25) is 0 Å². The summed E-state index contributed by atoms with van der Waals surface area (Å²) < 4.78 is 0. The molecule has 1 amide bonds. The van der Waals surface area contributed by atoms with E-state index < -0.39 is 10.8 Å². The van der Waals surface area contributed by atoms with Crippen LogP contribution in [0.25, 0.3) is 0 Å². The largest absolute Gasteiger partial charge is 0.348 e. The van der Waals surface area contributed by atoms with E-state index in [1.807, 2.05) is 13.8 Å². The highest BCUT2D eigenvalue weighted by atomic mass is 16.6. The zero-order chi connectivity index (χ0) is 17.0. The number of carbonyl (C=O) groups excluding carboxylic acids is 1. The predicted octanol–water partition coefficient (Wildman–Crippen LogP) is 1.73. The predicted molar refractivity (Wildman–Crippen MR) is 86.4 cm³/mol. The van der Waals surface area contributed by atoms with E-state index in [-0.39, 0.29) is 17.4 Å². The van der Waals surface area contributed by atoms with Gasteiger partial charge >= 0.3 is 5.69 Å². The van der Waals surface area contributed by atoms with Crippen molar-refractivity contribution in [2.45, 2.75) is 45.6 Å². The highest BCUT2D eigenvalue weighted by Gasteiger charge is 2.31. The minimum absolute atomic E-state index is 0.0258. The Hall–Kier alpha value is -1.96. The third-order valence-electron chi connectivity index (χ3n) is 4.54. The van der Waals surface area contributed by atoms with Crippen LogP contribution < -0.4 is 5.32 Å². The number of nitrogens with one attached hydrogen (secondary N) is 2. The van der Waals surface area contributed by atoms with Crippen molar-refractivity contribution < 1.29 is 9.72 Å². The quantitative estimate of drug-likeness (QED) is 0.613. The lowest BCUT2D eigenvalue weighted by atomic mass is 9.90. The Balaban J connectivity index is 2.07. The van der Waals surface area contributed by atoms with E-state index in [9.17, 15) is 14.9 Å². The molecule has 0 saturated carbocycles. The van der Waals surface area contributed by atoms with E-state index in [2.05, 4.69) is 27.5 Å². The monoisotopic (exact) mass is 323 g/mol. The van der Waals surface area contributed by atoms with Gasteiger partial charge < -0.3 is 10.2 Å². The van der Waals surface area contributed by atoms with Crippen molar-refractivity contribution in [3.8, 4) is 0 Å². The number of piperidine rings is 1. The van der Waals surface area contributed by atoms with Crippen LogP contribution in [-0.2, 0) is 6.42 Å². The van der Waals surface area contributed by atoms with Crippen molar-refractivity contribution in [2.24, 2.45) is 5.92 Å². The molecule has 128 valence electrons. The second-order valence-electron chi connectivity index (χ2n) is 6.31. The van der Waals surface area contributed by atoms with Gasteiger partial charge in [0.15, 0.2) is 0 Å². The van der Waals surface area contributed by atoms with Gasteiger partial charge in [0.25, 0.3) is 5.91 Å². The summed E-state index contributed by atoms with van der Waals surface area (Å²) in [6.45, 7) is 5.90. The van der Waals surface area contributed by atoms with Crippen LogP contribution in [0.15, 0.2) is 0 Å². The van der Waals surface area contributed by atoms with Crippen molar-refractivity contribution >= 4 is 11.6 Å².